The standard InChI is InChI=1S/C36H32F5N3O4S/c1-21-25(16-26-27(36(39,40)41)11-7-12-28(26)37)35-44(34(47)32(21)24-10-6-13-29(48-2)33(24)38)23(20-49-35)17-42-18-30(45)43(31(46)19-42)15-14-22-8-4-3-5-9-22/h3-13,23H,14-20H2,1-2H3. The molecule has 13 heteroatoms. The maximum atomic E-state index is 15.7. The van der Waals surface area contributed by atoms with Crippen molar-refractivity contribution in [3.63, 3.8) is 0 Å². The lowest BCUT2D eigenvalue weighted by Crippen LogP contribution is -2.55. The SMILES string of the molecule is COc1cccc(-c2c(C)c(Cc3c(F)cccc3C(F)(F)F)c3n(c2=O)C(CN2CC(=O)N(CCc4ccccc4)C(=O)C2)CS3)c1F. The Morgan fingerprint density at radius 2 is 1.59 bits per heavy atom. The van der Waals surface area contributed by atoms with E-state index in [0.717, 1.165) is 23.8 Å². The van der Waals surface area contributed by atoms with Crippen LogP contribution in [0, 0.1) is 18.6 Å². The second-order valence-electron chi connectivity index (χ2n) is 12.0. The first-order valence-corrected chi connectivity index (χ1v) is 16.5. The Morgan fingerprint density at radius 1 is 0.898 bits per heavy atom. The Balaban J connectivity index is 1.38. The Morgan fingerprint density at radius 3 is 2.27 bits per heavy atom. The number of halogens is 5. The van der Waals surface area contributed by atoms with Crippen LogP contribution in [-0.4, -0.2) is 65.2 Å². The summed E-state index contributed by atoms with van der Waals surface area (Å²) in [6.07, 6.45) is -4.86. The lowest BCUT2D eigenvalue weighted by atomic mass is 9.92. The van der Waals surface area contributed by atoms with E-state index in [1.165, 1.54) is 53.5 Å². The summed E-state index contributed by atoms with van der Waals surface area (Å²) < 4.78 is 79.5. The van der Waals surface area contributed by atoms with E-state index in [-0.39, 0.29) is 71.7 Å². The zero-order valence-corrected chi connectivity index (χ0v) is 27.5. The number of pyridine rings is 1. The smallest absolute Gasteiger partial charge is 0.416 e. The molecule has 0 radical (unpaired) electrons. The lowest BCUT2D eigenvalue weighted by Gasteiger charge is -2.34. The molecule has 256 valence electrons. The van der Waals surface area contributed by atoms with Gasteiger partial charge in [-0.05, 0) is 48.2 Å². The quantitative estimate of drug-likeness (QED) is 0.152. The van der Waals surface area contributed by atoms with E-state index in [4.69, 9.17) is 4.74 Å². The van der Waals surface area contributed by atoms with Gasteiger partial charge >= 0.3 is 6.18 Å². The number of ether oxygens (including phenoxy) is 1. The summed E-state index contributed by atoms with van der Waals surface area (Å²) in [6.45, 7) is 1.68. The highest BCUT2D eigenvalue weighted by molar-refractivity contribution is 7.99. The summed E-state index contributed by atoms with van der Waals surface area (Å²) in [6, 6.07) is 15.8. The minimum atomic E-state index is -4.85. The molecule has 1 fully saturated rings. The fourth-order valence-electron chi connectivity index (χ4n) is 6.58. The Bertz CT molecular complexity index is 1960. The van der Waals surface area contributed by atoms with Crippen LogP contribution in [0.5, 0.6) is 5.75 Å². The molecule has 0 aliphatic carbocycles. The monoisotopic (exact) mass is 697 g/mol. The maximum Gasteiger partial charge on any atom is 0.416 e. The molecule has 1 atom stereocenters. The van der Waals surface area contributed by atoms with E-state index in [1.54, 1.807) is 4.90 Å². The molecular weight excluding hydrogens is 665 g/mol. The molecule has 2 aliphatic rings. The molecule has 0 N–H and O–H groups in total. The molecule has 2 aliphatic heterocycles. The molecule has 2 amide bonds. The summed E-state index contributed by atoms with van der Waals surface area (Å²) in [7, 11) is 1.27. The van der Waals surface area contributed by atoms with Crippen molar-refractivity contribution in [3.8, 4) is 16.9 Å². The van der Waals surface area contributed by atoms with Crippen molar-refractivity contribution in [2.75, 3.05) is 39.0 Å². The molecule has 0 spiro atoms. The second-order valence-corrected chi connectivity index (χ2v) is 13.0. The van der Waals surface area contributed by atoms with Crippen LogP contribution in [0.15, 0.2) is 76.6 Å². The lowest BCUT2D eigenvalue weighted by molar-refractivity contribution is -0.151. The molecule has 3 heterocycles. The number of carbonyl (C=O) groups is 2. The highest BCUT2D eigenvalue weighted by Crippen LogP contribution is 2.42. The highest BCUT2D eigenvalue weighted by atomic mass is 32.2. The Kier molecular flexibility index (Phi) is 9.67. The Hall–Kier alpha value is -4.49. The molecule has 1 saturated heterocycles. The number of hydrogen-bond acceptors (Lipinski definition) is 6. The van der Waals surface area contributed by atoms with E-state index >= 15 is 8.78 Å². The number of alkyl halides is 3. The first-order valence-electron chi connectivity index (χ1n) is 15.6. The van der Waals surface area contributed by atoms with Crippen LogP contribution in [0.3, 0.4) is 0 Å². The minimum absolute atomic E-state index is 0.0773. The average molecular weight is 698 g/mol. The zero-order valence-electron chi connectivity index (χ0n) is 26.7. The number of hydrogen-bond donors (Lipinski definition) is 0. The van der Waals surface area contributed by atoms with Gasteiger partial charge in [-0.15, -0.1) is 11.8 Å². The molecule has 0 saturated carbocycles. The number of benzene rings is 3. The molecule has 4 aromatic rings. The number of aromatic nitrogens is 1. The van der Waals surface area contributed by atoms with Crippen molar-refractivity contribution >= 4 is 23.6 Å². The van der Waals surface area contributed by atoms with E-state index in [2.05, 4.69) is 0 Å². The largest absolute Gasteiger partial charge is 0.494 e. The molecule has 0 bridgehead atoms. The number of nitrogens with zero attached hydrogens (tertiary/aromatic N) is 3. The summed E-state index contributed by atoms with van der Waals surface area (Å²) in [5.41, 5.74) is -1.10. The summed E-state index contributed by atoms with van der Waals surface area (Å²) in [4.78, 5) is 43.4. The number of rotatable bonds is 9. The van der Waals surface area contributed by atoms with Crippen molar-refractivity contribution in [2.24, 2.45) is 0 Å². The van der Waals surface area contributed by atoms with Gasteiger partial charge in [0.2, 0.25) is 11.8 Å². The highest BCUT2D eigenvalue weighted by Gasteiger charge is 2.38. The van der Waals surface area contributed by atoms with Gasteiger partial charge in [-0.25, -0.2) is 8.78 Å². The van der Waals surface area contributed by atoms with Crippen molar-refractivity contribution in [1.82, 2.24) is 14.4 Å². The van der Waals surface area contributed by atoms with Gasteiger partial charge in [0.05, 0.1) is 42.4 Å². The molecule has 1 aromatic heterocycles. The van der Waals surface area contributed by atoms with Crippen molar-refractivity contribution < 1.29 is 36.3 Å². The first kappa shape index (κ1) is 34.4. The van der Waals surface area contributed by atoms with Gasteiger partial charge in [0.25, 0.3) is 5.56 Å². The van der Waals surface area contributed by atoms with Crippen LogP contribution in [0.4, 0.5) is 22.0 Å². The van der Waals surface area contributed by atoms with Crippen LogP contribution in [-0.2, 0) is 28.6 Å². The fraction of sp³-hybridized carbons (Fsp3) is 0.306. The number of thioether (sulfide) groups is 1. The molecule has 49 heavy (non-hydrogen) atoms. The summed E-state index contributed by atoms with van der Waals surface area (Å²) >= 11 is 1.22. The molecular formula is C36H32F5N3O4S. The van der Waals surface area contributed by atoms with Crippen LogP contribution in [0.2, 0.25) is 0 Å². The predicted molar refractivity (Wildman–Crippen MR) is 175 cm³/mol. The summed E-state index contributed by atoms with van der Waals surface area (Å²) in [5.74, 6) is -2.50. The second kappa shape index (κ2) is 13.8. The van der Waals surface area contributed by atoms with Gasteiger partial charge in [-0.1, -0.05) is 48.5 Å². The number of fused-ring (bicyclic) bond motifs is 1. The van der Waals surface area contributed by atoms with Gasteiger partial charge in [-0.2, -0.15) is 13.2 Å². The topological polar surface area (TPSA) is 71.8 Å². The minimum Gasteiger partial charge on any atom is -0.494 e. The van der Waals surface area contributed by atoms with Crippen molar-refractivity contribution in [1.29, 1.82) is 0 Å². The normalized spacial score (nSPS) is 16.7. The molecule has 3 aromatic carbocycles. The molecule has 1 unspecified atom stereocenters. The van der Waals surface area contributed by atoms with Crippen LogP contribution in [0.1, 0.15) is 33.9 Å². The van der Waals surface area contributed by atoms with E-state index in [9.17, 15) is 27.6 Å². The number of piperazine rings is 1. The molecule has 6 rings (SSSR count). The Labute approximate surface area is 283 Å². The number of amides is 2. The van der Waals surface area contributed by atoms with Gasteiger partial charge < -0.3 is 4.74 Å². The van der Waals surface area contributed by atoms with Crippen molar-refractivity contribution in [3.05, 3.63) is 117 Å². The third-order valence-electron chi connectivity index (χ3n) is 9.00. The third-order valence-corrected chi connectivity index (χ3v) is 10.3. The average Bonchev–Trinajstić information content (AvgIpc) is 3.47. The summed E-state index contributed by atoms with van der Waals surface area (Å²) in [5, 5.41) is 0.329. The van der Waals surface area contributed by atoms with Crippen LogP contribution >= 0.6 is 11.8 Å². The predicted octanol–water partition coefficient (Wildman–Crippen LogP) is 6.28. The fourth-order valence-corrected chi connectivity index (χ4v) is 7.96. The maximum absolute atomic E-state index is 15.7. The van der Waals surface area contributed by atoms with E-state index in [0.29, 0.717) is 11.4 Å². The van der Waals surface area contributed by atoms with Gasteiger partial charge in [-0.3, -0.25) is 28.8 Å². The van der Waals surface area contributed by atoms with E-state index < -0.39 is 47.0 Å². The number of methoxy groups -OCH3 is 1. The van der Waals surface area contributed by atoms with E-state index in [1.807, 2.05) is 30.3 Å². The zero-order chi connectivity index (χ0) is 35.0. The number of carbonyl (C=O) groups excluding carboxylic acids is 2. The van der Waals surface area contributed by atoms with Crippen LogP contribution < -0.4 is 10.3 Å². The van der Waals surface area contributed by atoms with Crippen molar-refractivity contribution in [2.45, 2.75) is 37.0 Å². The first-order chi connectivity index (χ1) is 23.4. The van der Waals surface area contributed by atoms with Crippen LogP contribution in [0.25, 0.3) is 11.1 Å². The third kappa shape index (κ3) is 6.73. The molecule has 7 nitrogen and oxygen atoms in total. The van der Waals surface area contributed by atoms with Gasteiger partial charge in [0, 0.05) is 36.4 Å². The number of imide groups is 1. The van der Waals surface area contributed by atoms with Gasteiger partial charge in [0.1, 0.15) is 5.82 Å². The van der Waals surface area contributed by atoms with Gasteiger partial charge in [0.15, 0.2) is 11.6 Å².